The van der Waals surface area contributed by atoms with E-state index in [2.05, 4.69) is 32.7 Å². The Hall–Kier alpha value is -3.43. The lowest BCUT2D eigenvalue weighted by atomic mass is 10.1. The lowest BCUT2D eigenvalue weighted by molar-refractivity contribution is 0.0944. The van der Waals surface area contributed by atoms with Gasteiger partial charge in [0.05, 0.1) is 17.5 Å². The second-order valence-corrected chi connectivity index (χ2v) is 6.85. The molecule has 4 N–H and O–H groups in total. The first-order chi connectivity index (χ1) is 12.9. The first-order valence-corrected chi connectivity index (χ1v) is 8.42. The molecule has 3 aromatic heterocycles. The van der Waals surface area contributed by atoms with Gasteiger partial charge in [0.1, 0.15) is 23.6 Å². The van der Waals surface area contributed by atoms with Gasteiger partial charge in [-0.1, -0.05) is 5.16 Å². The van der Waals surface area contributed by atoms with Crippen LogP contribution in [0.4, 0.5) is 5.82 Å². The largest absolute Gasteiger partial charge is 0.442 e. The highest BCUT2D eigenvalue weighted by Gasteiger charge is 2.38. The maximum absolute atomic E-state index is 12.8. The minimum absolute atomic E-state index is 0.0217. The lowest BCUT2D eigenvalue weighted by Crippen LogP contribution is -2.24. The van der Waals surface area contributed by atoms with Crippen molar-refractivity contribution in [1.29, 1.82) is 0 Å². The van der Waals surface area contributed by atoms with Crippen molar-refractivity contribution in [2.75, 3.05) is 5.32 Å². The molecule has 27 heavy (non-hydrogen) atoms. The first-order valence-electron chi connectivity index (χ1n) is 8.42. The van der Waals surface area contributed by atoms with Gasteiger partial charge in [-0.3, -0.25) is 9.59 Å². The summed E-state index contributed by atoms with van der Waals surface area (Å²) in [5.41, 5.74) is 6.18. The Bertz CT molecular complexity index is 1050. The van der Waals surface area contributed by atoms with Crippen LogP contribution in [0.5, 0.6) is 0 Å². The normalized spacial score (nSPS) is 14.9. The fourth-order valence-electron chi connectivity index (χ4n) is 2.78. The Morgan fingerprint density at radius 1 is 1.33 bits per heavy atom. The average molecular weight is 370 g/mol. The first kappa shape index (κ1) is 17.0. The number of anilines is 1. The van der Waals surface area contributed by atoms with E-state index in [-0.39, 0.29) is 23.8 Å². The van der Waals surface area contributed by atoms with Crippen LogP contribution in [0.2, 0.25) is 0 Å². The molecule has 0 aromatic carbocycles. The summed E-state index contributed by atoms with van der Waals surface area (Å²) in [6.07, 6.45) is 3.47. The Labute approximate surface area is 153 Å². The molecule has 4 rings (SSSR count). The standard InChI is InChI=1S/C17H18N6O4/c1-8-11(15(25)19-6-9-5-10(13(18)24)27-23-9)12-14(22-17(2)3-4-17)20-7-21-16(12)26-8/h5,7H,3-4,6H2,1-2H3,(H2,18,24)(H,19,25)(H,20,21,22). The topological polar surface area (TPSA) is 149 Å². The molecule has 140 valence electrons. The Balaban J connectivity index is 1.60. The number of nitrogens with two attached hydrogens (primary N) is 1. The molecular formula is C17H18N6O4. The van der Waals surface area contributed by atoms with Gasteiger partial charge in [0.15, 0.2) is 0 Å². The predicted octanol–water partition coefficient (Wildman–Crippen LogP) is 1.51. The van der Waals surface area contributed by atoms with E-state index in [0.29, 0.717) is 33.9 Å². The number of nitrogens with one attached hydrogen (secondary N) is 2. The van der Waals surface area contributed by atoms with Crippen LogP contribution in [0.25, 0.3) is 11.1 Å². The monoisotopic (exact) mass is 370 g/mol. The number of furan rings is 1. The van der Waals surface area contributed by atoms with Crippen LogP contribution in [-0.2, 0) is 6.54 Å². The minimum atomic E-state index is -0.724. The fourth-order valence-corrected chi connectivity index (χ4v) is 2.78. The molecule has 0 bridgehead atoms. The molecule has 1 aliphatic rings. The number of nitrogens with zero attached hydrogens (tertiary/aromatic N) is 3. The molecule has 3 aromatic rings. The van der Waals surface area contributed by atoms with Crippen LogP contribution in [0.1, 0.15) is 52.1 Å². The van der Waals surface area contributed by atoms with E-state index >= 15 is 0 Å². The molecule has 0 atom stereocenters. The van der Waals surface area contributed by atoms with E-state index in [1.807, 2.05) is 0 Å². The molecule has 1 saturated carbocycles. The molecule has 3 heterocycles. The zero-order valence-corrected chi connectivity index (χ0v) is 14.8. The number of aryl methyl sites for hydroxylation is 1. The van der Waals surface area contributed by atoms with Crippen molar-refractivity contribution in [3.8, 4) is 0 Å². The zero-order chi connectivity index (χ0) is 19.2. The number of fused-ring (bicyclic) bond motifs is 1. The third kappa shape index (κ3) is 3.21. The summed E-state index contributed by atoms with van der Waals surface area (Å²) in [5.74, 6) is -0.155. The van der Waals surface area contributed by atoms with Gasteiger partial charge in [0.25, 0.3) is 11.8 Å². The van der Waals surface area contributed by atoms with Gasteiger partial charge in [-0.25, -0.2) is 9.97 Å². The predicted molar refractivity (Wildman–Crippen MR) is 94.0 cm³/mol. The van der Waals surface area contributed by atoms with Crippen LogP contribution >= 0.6 is 0 Å². The zero-order valence-electron chi connectivity index (χ0n) is 14.8. The summed E-state index contributed by atoms with van der Waals surface area (Å²) in [4.78, 5) is 32.2. The third-order valence-electron chi connectivity index (χ3n) is 4.54. The molecule has 0 aliphatic heterocycles. The maximum Gasteiger partial charge on any atom is 0.287 e. The van der Waals surface area contributed by atoms with Gasteiger partial charge in [-0.05, 0) is 26.7 Å². The molecule has 0 radical (unpaired) electrons. The molecule has 2 amide bonds. The summed E-state index contributed by atoms with van der Waals surface area (Å²) in [5, 5.41) is 10.3. The van der Waals surface area contributed by atoms with E-state index < -0.39 is 5.91 Å². The fraction of sp³-hybridized carbons (Fsp3) is 0.353. The van der Waals surface area contributed by atoms with Gasteiger partial charge in [0, 0.05) is 11.6 Å². The van der Waals surface area contributed by atoms with Crippen LogP contribution < -0.4 is 16.4 Å². The number of hydrogen-bond donors (Lipinski definition) is 3. The van der Waals surface area contributed by atoms with Gasteiger partial charge in [0.2, 0.25) is 11.5 Å². The minimum Gasteiger partial charge on any atom is -0.442 e. The number of aromatic nitrogens is 3. The number of hydrogen-bond acceptors (Lipinski definition) is 8. The van der Waals surface area contributed by atoms with E-state index in [9.17, 15) is 9.59 Å². The number of carbonyl (C=O) groups is 2. The van der Waals surface area contributed by atoms with Crippen molar-refractivity contribution >= 4 is 28.7 Å². The van der Waals surface area contributed by atoms with Crippen LogP contribution in [0.15, 0.2) is 21.3 Å². The van der Waals surface area contributed by atoms with E-state index in [0.717, 1.165) is 12.8 Å². The average Bonchev–Trinajstić information content (AvgIpc) is 3.05. The van der Waals surface area contributed by atoms with Crippen molar-refractivity contribution in [3.05, 3.63) is 35.2 Å². The van der Waals surface area contributed by atoms with E-state index in [1.54, 1.807) is 6.92 Å². The Morgan fingerprint density at radius 3 is 2.78 bits per heavy atom. The lowest BCUT2D eigenvalue weighted by Gasteiger charge is -2.13. The van der Waals surface area contributed by atoms with Gasteiger partial charge in [-0.15, -0.1) is 0 Å². The molecule has 0 spiro atoms. The summed E-state index contributed by atoms with van der Waals surface area (Å²) in [6.45, 7) is 3.85. The molecule has 10 nitrogen and oxygen atoms in total. The Morgan fingerprint density at radius 2 is 2.11 bits per heavy atom. The molecule has 0 unspecified atom stereocenters. The van der Waals surface area contributed by atoms with Gasteiger partial charge < -0.3 is 25.3 Å². The maximum atomic E-state index is 12.8. The highest BCUT2D eigenvalue weighted by atomic mass is 16.5. The second-order valence-electron chi connectivity index (χ2n) is 6.85. The number of rotatable bonds is 6. The quantitative estimate of drug-likeness (QED) is 0.591. The molecule has 0 saturated heterocycles. The number of primary amides is 1. The smallest absolute Gasteiger partial charge is 0.287 e. The van der Waals surface area contributed by atoms with Gasteiger partial charge in [-0.2, -0.15) is 0 Å². The molecular weight excluding hydrogens is 352 g/mol. The van der Waals surface area contributed by atoms with E-state index in [1.165, 1.54) is 12.4 Å². The third-order valence-corrected chi connectivity index (χ3v) is 4.54. The summed E-state index contributed by atoms with van der Waals surface area (Å²) < 4.78 is 10.4. The van der Waals surface area contributed by atoms with Crippen LogP contribution in [0.3, 0.4) is 0 Å². The van der Waals surface area contributed by atoms with Crippen molar-refractivity contribution in [3.63, 3.8) is 0 Å². The summed E-state index contributed by atoms with van der Waals surface area (Å²) in [7, 11) is 0. The molecule has 1 fully saturated rings. The highest BCUT2D eigenvalue weighted by molar-refractivity contribution is 6.10. The molecule has 10 heteroatoms. The highest BCUT2D eigenvalue weighted by Crippen LogP contribution is 2.40. The van der Waals surface area contributed by atoms with Crippen molar-refractivity contribution < 1.29 is 18.5 Å². The van der Waals surface area contributed by atoms with Crippen molar-refractivity contribution in [1.82, 2.24) is 20.4 Å². The Kier molecular flexibility index (Phi) is 3.83. The van der Waals surface area contributed by atoms with Crippen LogP contribution in [-0.4, -0.2) is 32.5 Å². The summed E-state index contributed by atoms with van der Waals surface area (Å²) >= 11 is 0. The number of amides is 2. The van der Waals surface area contributed by atoms with Crippen molar-refractivity contribution in [2.45, 2.75) is 38.8 Å². The second kappa shape index (κ2) is 6.08. The van der Waals surface area contributed by atoms with Gasteiger partial charge >= 0.3 is 0 Å². The summed E-state index contributed by atoms with van der Waals surface area (Å²) in [6, 6.07) is 1.38. The molecule has 1 aliphatic carbocycles. The van der Waals surface area contributed by atoms with E-state index in [4.69, 9.17) is 14.7 Å². The van der Waals surface area contributed by atoms with Crippen LogP contribution in [0, 0.1) is 6.92 Å². The SMILES string of the molecule is Cc1oc2ncnc(NC3(C)CC3)c2c1C(=O)NCc1cc(C(N)=O)on1. The van der Waals surface area contributed by atoms with Crippen molar-refractivity contribution in [2.24, 2.45) is 5.73 Å². The number of carbonyl (C=O) groups excluding carboxylic acids is 2.